The Morgan fingerprint density at radius 1 is 1.32 bits per heavy atom. The van der Waals surface area contributed by atoms with Gasteiger partial charge in [-0.25, -0.2) is 0 Å². The highest BCUT2D eigenvalue weighted by atomic mass is 19.4. The summed E-state index contributed by atoms with van der Waals surface area (Å²) in [6, 6.07) is 4.35. The predicted octanol–water partition coefficient (Wildman–Crippen LogP) is 2.51. The molecule has 0 unspecified atom stereocenters. The van der Waals surface area contributed by atoms with E-state index in [1.165, 1.54) is 12.1 Å². The average molecular weight is 317 g/mol. The van der Waals surface area contributed by atoms with Crippen LogP contribution in [0.1, 0.15) is 31.2 Å². The van der Waals surface area contributed by atoms with E-state index >= 15 is 0 Å². The van der Waals surface area contributed by atoms with Crippen molar-refractivity contribution in [2.45, 2.75) is 37.5 Å². The Labute approximate surface area is 126 Å². The summed E-state index contributed by atoms with van der Waals surface area (Å²) in [4.78, 5) is 11.6. The van der Waals surface area contributed by atoms with Crippen LogP contribution in [0.5, 0.6) is 5.75 Å². The standard InChI is InChI=1S/C15H18F3NO3/c16-15(17,18)11-4-3-5-12(8-11)22-9-13(20)19-10-14(21)6-1-2-7-14/h3-5,8,21H,1-2,6-7,9-10H2,(H,19,20). The van der Waals surface area contributed by atoms with Crippen molar-refractivity contribution < 1.29 is 27.8 Å². The molecule has 1 aliphatic rings. The Hall–Kier alpha value is -1.76. The Balaban J connectivity index is 1.81. The molecule has 0 heterocycles. The van der Waals surface area contributed by atoms with Gasteiger partial charge >= 0.3 is 6.18 Å². The van der Waals surface area contributed by atoms with Gasteiger partial charge < -0.3 is 15.2 Å². The van der Waals surface area contributed by atoms with E-state index in [9.17, 15) is 23.1 Å². The third-order valence-electron chi connectivity index (χ3n) is 3.68. The van der Waals surface area contributed by atoms with E-state index in [2.05, 4.69) is 5.32 Å². The fraction of sp³-hybridized carbons (Fsp3) is 0.533. The molecular formula is C15H18F3NO3. The van der Waals surface area contributed by atoms with Crippen molar-refractivity contribution in [2.24, 2.45) is 0 Å². The number of rotatable bonds is 5. The molecule has 1 aromatic rings. The Morgan fingerprint density at radius 3 is 2.64 bits per heavy atom. The van der Waals surface area contributed by atoms with Gasteiger partial charge in [0.25, 0.3) is 5.91 Å². The smallest absolute Gasteiger partial charge is 0.416 e. The van der Waals surface area contributed by atoms with Crippen LogP contribution < -0.4 is 10.1 Å². The lowest BCUT2D eigenvalue weighted by Crippen LogP contribution is -2.42. The summed E-state index contributed by atoms with van der Waals surface area (Å²) in [5.41, 5.74) is -1.70. The first-order valence-corrected chi connectivity index (χ1v) is 7.08. The highest BCUT2D eigenvalue weighted by molar-refractivity contribution is 5.77. The van der Waals surface area contributed by atoms with Crippen molar-refractivity contribution in [3.63, 3.8) is 0 Å². The molecule has 0 atom stereocenters. The van der Waals surface area contributed by atoms with Crippen molar-refractivity contribution in [3.05, 3.63) is 29.8 Å². The summed E-state index contributed by atoms with van der Waals surface area (Å²) in [5.74, 6) is -0.498. The van der Waals surface area contributed by atoms with Crippen LogP contribution in [-0.4, -0.2) is 29.8 Å². The van der Waals surface area contributed by atoms with Gasteiger partial charge in [-0.05, 0) is 31.0 Å². The topological polar surface area (TPSA) is 58.6 Å². The highest BCUT2D eigenvalue weighted by Gasteiger charge is 2.32. The van der Waals surface area contributed by atoms with E-state index in [4.69, 9.17) is 4.74 Å². The van der Waals surface area contributed by atoms with E-state index < -0.39 is 29.9 Å². The van der Waals surface area contributed by atoms with Crippen LogP contribution in [0, 0.1) is 0 Å². The molecule has 0 bridgehead atoms. The third-order valence-corrected chi connectivity index (χ3v) is 3.68. The molecule has 0 saturated heterocycles. The lowest BCUT2D eigenvalue weighted by molar-refractivity contribution is -0.137. The molecule has 2 rings (SSSR count). The van der Waals surface area contributed by atoms with E-state index in [0.717, 1.165) is 25.0 Å². The molecule has 1 fully saturated rings. The summed E-state index contributed by atoms with van der Waals surface area (Å²) in [7, 11) is 0. The summed E-state index contributed by atoms with van der Waals surface area (Å²) in [6.45, 7) is -0.255. The van der Waals surface area contributed by atoms with Gasteiger partial charge in [-0.15, -0.1) is 0 Å². The monoisotopic (exact) mass is 317 g/mol. The van der Waals surface area contributed by atoms with Crippen molar-refractivity contribution >= 4 is 5.91 Å². The maximum absolute atomic E-state index is 12.5. The van der Waals surface area contributed by atoms with Gasteiger partial charge in [-0.2, -0.15) is 13.2 Å². The summed E-state index contributed by atoms with van der Waals surface area (Å²) >= 11 is 0. The SMILES string of the molecule is O=C(COc1cccc(C(F)(F)F)c1)NCC1(O)CCCC1. The molecule has 122 valence electrons. The number of benzene rings is 1. The molecule has 0 aliphatic heterocycles. The van der Waals surface area contributed by atoms with Gasteiger partial charge in [0, 0.05) is 6.54 Å². The lowest BCUT2D eigenvalue weighted by Gasteiger charge is -2.22. The van der Waals surface area contributed by atoms with Crippen LogP contribution in [0.2, 0.25) is 0 Å². The maximum atomic E-state index is 12.5. The Kier molecular flexibility index (Phi) is 4.95. The normalized spacial score (nSPS) is 17.3. The minimum absolute atomic E-state index is 0.0236. The Bertz CT molecular complexity index is 525. The number of amides is 1. The average Bonchev–Trinajstić information content (AvgIpc) is 2.90. The van der Waals surface area contributed by atoms with E-state index in [1.807, 2.05) is 0 Å². The quantitative estimate of drug-likeness (QED) is 0.877. The molecule has 0 aromatic heterocycles. The van der Waals surface area contributed by atoms with Crippen molar-refractivity contribution in [2.75, 3.05) is 13.2 Å². The summed E-state index contributed by atoms with van der Waals surface area (Å²) < 4.78 is 42.7. The van der Waals surface area contributed by atoms with E-state index in [-0.39, 0.29) is 12.3 Å². The van der Waals surface area contributed by atoms with Crippen molar-refractivity contribution in [1.29, 1.82) is 0 Å². The van der Waals surface area contributed by atoms with E-state index in [1.54, 1.807) is 0 Å². The number of aliphatic hydroxyl groups is 1. The summed E-state index contributed by atoms with van der Waals surface area (Å²) in [6.07, 6.45) is -1.32. The van der Waals surface area contributed by atoms with Crippen molar-refractivity contribution in [3.8, 4) is 5.75 Å². The zero-order valence-electron chi connectivity index (χ0n) is 11.9. The van der Waals surface area contributed by atoms with Gasteiger partial charge in [-0.1, -0.05) is 18.9 Å². The van der Waals surface area contributed by atoms with Gasteiger partial charge in [-0.3, -0.25) is 4.79 Å². The van der Waals surface area contributed by atoms with Crippen LogP contribution in [0.3, 0.4) is 0 Å². The lowest BCUT2D eigenvalue weighted by atomic mass is 10.0. The minimum Gasteiger partial charge on any atom is -0.484 e. The molecule has 2 N–H and O–H groups in total. The van der Waals surface area contributed by atoms with Crippen LogP contribution in [0.4, 0.5) is 13.2 Å². The second kappa shape index (κ2) is 6.56. The number of alkyl halides is 3. The molecule has 1 aromatic carbocycles. The van der Waals surface area contributed by atoms with Crippen LogP contribution in [-0.2, 0) is 11.0 Å². The number of hydrogen-bond donors (Lipinski definition) is 2. The van der Waals surface area contributed by atoms with E-state index in [0.29, 0.717) is 12.8 Å². The highest BCUT2D eigenvalue weighted by Crippen LogP contribution is 2.31. The first-order chi connectivity index (χ1) is 10.3. The summed E-state index contributed by atoms with van der Waals surface area (Å²) in [5, 5.41) is 12.6. The minimum atomic E-state index is -4.45. The molecule has 0 radical (unpaired) electrons. The van der Waals surface area contributed by atoms with Crippen molar-refractivity contribution in [1.82, 2.24) is 5.32 Å². The molecule has 22 heavy (non-hydrogen) atoms. The first kappa shape index (κ1) is 16.6. The van der Waals surface area contributed by atoms with Crippen LogP contribution in [0.25, 0.3) is 0 Å². The molecule has 7 heteroatoms. The molecule has 1 aliphatic carbocycles. The largest absolute Gasteiger partial charge is 0.484 e. The maximum Gasteiger partial charge on any atom is 0.416 e. The number of nitrogens with one attached hydrogen (secondary N) is 1. The van der Waals surface area contributed by atoms with Gasteiger partial charge in [0.1, 0.15) is 5.75 Å². The first-order valence-electron chi connectivity index (χ1n) is 7.08. The third kappa shape index (κ3) is 4.62. The molecule has 1 saturated carbocycles. The number of carbonyl (C=O) groups excluding carboxylic acids is 1. The van der Waals surface area contributed by atoms with Crippen LogP contribution in [0.15, 0.2) is 24.3 Å². The predicted molar refractivity (Wildman–Crippen MR) is 73.4 cm³/mol. The number of carbonyl (C=O) groups is 1. The number of ether oxygens (including phenoxy) is 1. The second-order valence-electron chi connectivity index (χ2n) is 5.52. The van der Waals surface area contributed by atoms with Crippen LogP contribution >= 0.6 is 0 Å². The zero-order valence-corrected chi connectivity index (χ0v) is 11.9. The molecular weight excluding hydrogens is 299 g/mol. The fourth-order valence-electron chi connectivity index (χ4n) is 2.44. The molecule has 4 nitrogen and oxygen atoms in total. The van der Waals surface area contributed by atoms with Gasteiger partial charge in [0.15, 0.2) is 6.61 Å². The fourth-order valence-corrected chi connectivity index (χ4v) is 2.44. The van der Waals surface area contributed by atoms with Gasteiger partial charge in [0.05, 0.1) is 11.2 Å². The number of hydrogen-bond acceptors (Lipinski definition) is 3. The molecule has 1 amide bonds. The zero-order chi connectivity index (χ0) is 16.2. The molecule has 0 spiro atoms. The second-order valence-corrected chi connectivity index (χ2v) is 5.52. The Morgan fingerprint density at radius 2 is 2.00 bits per heavy atom. The van der Waals surface area contributed by atoms with Gasteiger partial charge in [0.2, 0.25) is 0 Å². The number of halogens is 3.